The van der Waals surface area contributed by atoms with E-state index in [2.05, 4.69) is 20.2 Å². The average Bonchev–Trinajstić information content (AvgIpc) is 3.13. The van der Waals surface area contributed by atoms with E-state index in [9.17, 15) is 18.0 Å². The SMILES string of the molecule is COc1ccc(NS(=O)(=O)c2ccc(NC(=O)CN3C(=O)/C(=C/c4ccc(Cl)cc4)SC3=S)cc2)nn1. The average molecular weight is 576 g/mol. The van der Waals surface area contributed by atoms with Crippen LogP contribution in [0.5, 0.6) is 5.88 Å². The monoisotopic (exact) mass is 575 g/mol. The Bertz CT molecular complexity index is 1480. The van der Waals surface area contributed by atoms with Gasteiger partial charge in [-0.3, -0.25) is 19.2 Å². The molecule has 0 unspecified atom stereocenters. The van der Waals surface area contributed by atoms with E-state index in [-0.39, 0.29) is 33.4 Å². The maximum atomic E-state index is 12.8. The largest absolute Gasteiger partial charge is 0.480 e. The lowest BCUT2D eigenvalue weighted by Gasteiger charge is -2.14. The summed E-state index contributed by atoms with van der Waals surface area (Å²) in [5.74, 6) is -0.612. The second-order valence-electron chi connectivity index (χ2n) is 7.46. The number of nitrogens with one attached hydrogen (secondary N) is 2. The molecule has 2 amide bonds. The van der Waals surface area contributed by atoms with Crippen molar-refractivity contribution in [1.29, 1.82) is 0 Å². The Morgan fingerprint density at radius 2 is 1.81 bits per heavy atom. The van der Waals surface area contributed by atoms with Gasteiger partial charge in [0.2, 0.25) is 11.8 Å². The van der Waals surface area contributed by atoms with Gasteiger partial charge in [-0.1, -0.05) is 47.7 Å². The fourth-order valence-corrected chi connectivity index (χ4v) is 5.47. The molecule has 0 radical (unpaired) electrons. The lowest BCUT2D eigenvalue weighted by Crippen LogP contribution is -2.36. The molecule has 1 aromatic heterocycles. The van der Waals surface area contributed by atoms with Crippen LogP contribution in [0.4, 0.5) is 11.5 Å². The summed E-state index contributed by atoms with van der Waals surface area (Å²) >= 11 is 12.3. The molecule has 14 heteroatoms. The van der Waals surface area contributed by atoms with Crippen molar-refractivity contribution in [3.05, 3.63) is 76.2 Å². The zero-order chi connectivity index (χ0) is 26.6. The predicted molar refractivity (Wildman–Crippen MR) is 146 cm³/mol. The van der Waals surface area contributed by atoms with Crippen LogP contribution in [0.25, 0.3) is 6.08 Å². The first-order valence-corrected chi connectivity index (χ1v) is 13.5. The number of thioether (sulfide) groups is 1. The van der Waals surface area contributed by atoms with Crippen molar-refractivity contribution >= 4 is 79.3 Å². The molecular formula is C23H18ClN5O5S3. The maximum Gasteiger partial charge on any atom is 0.266 e. The zero-order valence-corrected chi connectivity index (χ0v) is 22.2. The molecule has 0 bridgehead atoms. The van der Waals surface area contributed by atoms with Gasteiger partial charge < -0.3 is 10.1 Å². The van der Waals surface area contributed by atoms with E-state index in [0.29, 0.717) is 15.6 Å². The van der Waals surface area contributed by atoms with Crippen molar-refractivity contribution in [2.75, 3.05) is 23.7 Å². The van der Waals surface area contributed by atoms with E-state index in [1.807, 2.05) is 0 Å². The molecule has 1 aliphatic heterocycles. The minimum Gasteiger partial charge on any atom is -0.480 e. The van der Waals surface area contributed by atoms with Crippen molar-refractivity contribution in [3.8, 4) is 5.88 Å². The van der Waals surface area contributed by atoms with E-state index >= 15 is 0 Å². The van der Waals surface area contributed by atoms with Gasteiger partial charge >= 0.3 is 0 Å². The Balaban J connectivity index is 1.37. The van der Waals surface area contributed by atoms with Gasteiger partial charge in [0.1, 0.15) is 10.9 Å². The molecule has 0 atom stereocenters. The van der Waals surface area contributed by atoms with Crippen molar-refractivity contribution in [2.45, 2.75) is 4.90 Å². The summed E-state index contributed by atoms with van der Waals surface area (Å²) in [5.41, 5.74) is 1.12. The van der Waals surface area contributed by atoms with Gasteiger partial charge in [-0.2, -0.15) is 0 Å². The molecule has 0 spiro atoms. The maximum absolute atomic E-state index is 12.8. The number of hydrogen-bond donors (Lipinski definition) is 2. The Labute approximate surface area is 227 Å². The van der Waals surface area contributed by atoms with Crippen LogP contribution in [0.3, 0.4) is 0 Å². The van der Waals surface area contributed by atoms with E-state index in [1.54, 1.807) is 30.3 Å². The summed E-state index contributed by atoms with van der Waals surface area (Å²) in [6.07, 6.45) is 1.68. The number of benzene rings is 2. The number of halogens is 1. The van der Waals surface area contributed by atoms with Crippen molar-refractivity contribution in [3.63, 3.8) is 0 Å². The molecule has 2 N–H and O–H groups in total. The van der Waals surface area contributed by atoms with Crippen LogP contribution >= 0.6 is 35.6 Å². The number of carbonyl (C=O) groups excluding carboxylic acids is 2. The summed E-state index contributed by atoms with van der Waals surface area (Å²) in [5, 5.41) is 10.7. The first kappa shape index (κ1) is 26.5. The first-order valence-electron chi connectivity index (χ1n) is 10.5. The minimum atomic E-state index is -3.94. The van der Waals surface area contributed by atoms with Crippen LogP contribution in [0.15, 0.2) is 70.5 Å². The lowest BCUT2D eigenvalue weighted by molar-refractivity contribution is -0.126. The third kappa shape index (κ3) is 6.63. The standard InChI is InChI=1S/C23H18ClN5O5S3/c1-34-21-11-10-19(26-27-21)28-37(32,33)17-8-6-16(7-9-17)25-20(30)13-29-22(31)18(36-23(29)35)12-14-2-4-15(24)5-3-14/h2-12H,13H2,1H3,(H,25,30)(H,26,28)/b18-12-. The fourth-order valence-electron chi connectivity index (χ4n) is 3.09. The molecule has 3 aromatic rings. The van der Waals surface area contributed by atoms with E-state index in [0.717, 1.165) is 17.3 Å². The van der Waals surface area contributed by atoms with Crippen LogP contribution in [0.2, 0.25) is 5.02 Å². The van der Waals surface area contributed by atoms with Gasteiger partial charge in [0, 0.05) is 16.8 Å². The van der Waals surface area contributed by atoms with Crippen LogP contribution in [-0.4, -0.2) is 53.3 Å². The lowest BCUT2D eigenvalue weighted by atomic mass is 10.2. The second-order valence-corrected chi connectivity index (χ2v) is 11.3. The summed E-state index contributed by atoms with van der Waals surface area (Å²) in [6, 6.07) is 15.3. The number of methoxy groups -OCH3 is 1. The number of hydrogen-bond acceptors (Lipinski definition) is 9. The normalized spacial score (nSPS) is 14.6. The van der Waals surface area contributed by atoms with E-state index in [4.69, 9.17) is 28.6 Å². The van der Waals surface area contributed by atoms with Crippen molar-refractivity contribution < 1.29 is 22.7 Å². The number of amides is 2. The van der Waals surface area contributed by atoms with Gasteiger partial charge in [0.05, 0.1) is 16.9 Å². The fraction of sp³-hybridized carbons (Fsp3) is 0.0870. The summed E-state index contributed by atoms with van der Waals surface area (Å²) in [7, 11) is -2.52. The van der Waals surface area contributed by atoms with Crippen molar-refractivity contribution in [1.82, 2.24) is 15.1 Å². The summed E-state index contributed by atoms with van der Waals surface area (Å²) < 4.78 is 32.7. The smallest absolute Gasteiger partial charge is 0.266 e. The van der Waals surface area contributed by atoms with Crippen LogP contribution in [0, 0.1) is 0 Å². The second kappa shape index (κ2) is 11.3. The van der Waals surface area contributed by atoms with Crippen LogP contribution in [0.1, 0.15) is 5.56 Å². The van der Waals surface area contributed by atoms with E-state index in [1.165, 1.54) is 48.4 Å². The molecule has 1 aliphatic rings. The molecule has 2 aromatic carbocycles. The van der Waals surface area contributed by atoms with Gasteiger partial charge in [0.15, 0.2) is 5.82 Å². The molecule has 190 valence electrons. The third-order valence-corrected chi connectivity index (χ3v) is 7.88. The third-order valence-electron chi connectivity index (χ3n) is 4.88. The van der Waals surface area contributed by atoms with Crippen molar-refractivity contribution in [2.24, 2.45) is 0 Å². The Morgan fingerprint density at radius 3 is 2.43 bits per heavy atom. The number of aromatic nitrogens is 2. The number of carbonyl (C=O) groups is 2. The molecule has 4 rings (SSSR count). The Morgan fingerprint density at radius 1 is 1.11 bits per heavy atom. The summed E-state index contributed by atoms with van der Waals surface area (Å²) in [6.45, 7) is -0.291. The van der Waals surface area contributed by atoms with Crippen LogP contribution in [-0.2, 0) is 19.6 Å². The van der Waals surface area contributed by atoms with Crippen LogP contribution < -0.4 is 14.8 Å². The van der Waals surface area contributed by atoms with Gasteiger partial charge in [-0.15, -0.1) is 10.2 Å². The number of thiocarbonyl (C=S) groups is 1. The highest BCUT2D eigenvalue weighted by Crippen LogP contribution is 2.32. The Hall–Kier alpha value is -3.52. The molecule has 0 saturated carbocycles. The van der Waals surface area contributed by atoms with E-state index < -0.39 is 15.9 Å². The number of ether oxygens (including phenoxy) is 1. The molecule has 10 nitrogen and oxygen atoms in total. The molecule has 1 saturated heterocycles. The molecule has 37 heavy (non-hydrogen) atoms. The molecule has 0 aliphatic carbocycles. The Kier molecular flexibility index (Phi) is 8.07. The highest BCUT2D eigenvalue weighted by molar-refractivity contribution is 8.26. The molecule has 1 fully saturated rings. The zero-order valence-electron chi connectivity index (χ0n) is 19.0. The quantitative estimate of drug-likeness (QED) is 0.304. The highest BCUT2D eigenvalue weighted by Gasteiger charge is 2.33. The van der Waals surface area contributed by atoms with Gasteiger partial charge in [0.25, 0.3) is 15.9 Å². The minimum absolute atomic E-state index is 0.0202. The summed E-state index contributed by atoms with van der Waals surface area (Å²) in [4.78, 5) is 26.9. The number of rotatable bonds is 8. The first-order chi connectivity index (χ1) is 17.6. The number of sulfonamides is 1. The van der Waals surface area contributed by atoms with Gasteiger partial charge in [-0.05, 0) is 54.1 Å². The molecular weight excluding hydrogens is 558 g/mol. The number of nitrogens with zero attached hydrogens (tertiary/aromatic N) is 3. The number of anilines is 2. The molecule has 2 heterocycles. The topological polar surface area (TPSA) is 131 Å². The van der Waals surface area contributed by atoms with Gasteiger partial charge in [-0.25, -0.2) is 8.42 Å². The predicted octanol–water partition coefficient (Wildman–Crippen LogP) is 3.78. The highest BCUT2D eigenvalue weighted by atomic mass is 35.5.